The summed E-state index contributed by atoms with van der Waals surface area (Å²) in [6.45, 7) is 0.575. The van der Waals surface area contributed by atoms with Crippen molar-refractivity contribution in [2.75, 3.05) is 19.5 Å². The molecule has 2 rings (SSSR count). The second-order valence-corrected chi connectivity index (χ2v) is 4.21. The molecular weight excluding hydrogens is 264 g/mol. The van der Waals surface area contributed by atoms with E-state index in [1.165, 1.54) is 0 Å². The zero-order valence-corrected chi connectivity index (χ0v) is 11.6. The van der Waals surface area contributed by atoms with E-state index < -0.39 is 0 Å². The number of pyridine rings is 1. The Labute approximate surface area is 117 Å². The first-order valence-corrected chi connectivity index (χ1v) is 6.18. The van der Waals surface area contributed by atoms with Gasteiger partial charge in [-0.1, -0.05) is 23.7 Å². The molecule has 0 saturated heterocycles. The number of anilines is 1. The highest BCUT2D eigenvalue weighted by molar-refractivity contribution is 6.31. The minimum atomic E-state index is 0.448. The van der Waals surface area contributed by atoms with Crippen LogP contribution in [0.1, 0.15) is 5.56 Å². The Kier molecular flexibility index (Phi) is 4.47. The summed E-state index contributed by atoms with van der Waals surface area (Å²) in [5.74, 6) is 1.43. The number of hydrogen-bond acceptors (Lipinski definition) is 4. The molecule has 5 heteroatoms. The van der Waals surface area contributed by atoms with Crippen LogP contribution in [-0.2, 0) is 6.54 Å². The van der Waals surface area contributed by atoms with E-state index in [4.69, 9.17) is 21.1 Å². The predicted molar refractivity (Wildman–Crippen MR) is 76.1 cm³/mol. The van der Waals surface area contributed by atoms with Gasteiger partial charge < -0.3 is 14.8 Å². The van der Waals surface area contributed by atoms with Gasteiger partial charge in [0.2, 0.25) is 0 Å². The summed E-state index contributed by atoms with van der Waals surface area (Å²) >= 11 is 5.99. The molecule has 0 atom stereocenters. The molecule has 0 amide bonds. The summed E-state index contributed by atoms with van der Waals surface area (Å²) in [5.41, 5.74) is 1.77. The van der Waals surface area contributed by atoms with Gasteiger partial charge >= 0.3 is 0 Å². The second kappa shape index (κ2) is 6.29. The molecular formula is C14H15ClN2O2. The van der Waals surface area contributed by atoms with Crippen LogP contribution in [0.5, 0.6) is 11.5 Å². The van der Waals surface area contributed by atoms with Gasteiger partial charge in [0, 0.05) is 18.3 Å². The Morgan fingerprint density at radius 1 is 1.16 bits per heavy atom. The summed E-state index contributed by atoms with van der Waals surface area (Å²) in [5, 5.41) is 3.67. The Hall–Kier alpha value is -1.94. The third-order valence-electron chi connectivity index (χ3n) is 2.71. The SMILES string of the molecule is COc1cccc(CNc2cccnc2Cl)c1OC. The van der Waals surface area contributed by atoms with Crippen LogP contribution in [0, 0.1) is 0 Å². The number of hydrogen-bond donors (Lipinski definition) is 1. The lowest BCUT2D eigenvalue weighted by Crippen LogP contribution is -2.03. The summed E-state index contributed by atoms with van der Waals surface area (Å²) in [4.78, 5) is 4.01. The van der Waals surface area contributed by atoms with Gasteiger partial charge in [0.1, 0.15) is 0 Å². The number of aromatic nitrogens is 1. The minimum Gasteiger partial charge on any atom is -0.493 e. The number of methoxy groups -OCH3 is 2. The molecule has 0 fully saturated rings. The molecule has 1 N–H and O–H groups in total. The average molecular weight is 279 g/mol. The van der Waals surface area contributed by atoms with Crippen molar-refractivity contribution in [1.82, 2.24) is 4.98 Å². The van der Waals surface area contributed by atoms with Crippen molar-refractivity contribution in [2.45, 2.75) is 6.54 Å². The lowest BCUT2D eigenvalue weighted by molar-refractivity contribution is 0.352. The van der Waals surface area contributed by atoms with E-state index in [1.54, 1.807) is 20.4 Å². The standard InChI is InChI=1S/C14H15ClN2O2/c1-18-12-7-3-5-10(13(12)19-2)9-17-11-6-4-8-16-14(11)15/h3-8,17H,9H2,1-2H3. The molecule has 0 aliphatic rings. The number of benzene rings is 1. The highest BCUT2D eigenvalue weighted by atomic mass is 35.5. The molecule has 0 unspecified atom stereocenters. The van der Waals surface area contributed by atoms with E-state index in [1.807, 2.05) is 30.3 Å². The molecule has 1 heterocycles. The zero-order valence-electron chi connectivity index (χ0n) is 10.8. The molecule has 4 nitrogen and oxygen atoms in total. The summed E-state index contributed by atoms with van der Waals surface area (Å²) in [6.07, 6.45) is 1.65. The van der Waals surface area contributed by atoms with Crippen molar-refractivity contribution >= 4 is 17.3 Å². The first-order chi connectivity index (χ1) is 9.26. The third-order valence-corrected chi connectivity index (χ3v) is 3.01. The largest absolute Gasteiger partial charge is 0.493 e. The molecule has 19 heavy (non-hydrogen) atoms. The fraction of sp³-hybridized carbons (Fsp3) is 0.214. The Morgan fingerprint density at radius 2 is 2.00 bits per heavy atom. The van der Waals surface area contributed by atoms with Gasteiger partial charge in [0.05, 0.1) is 19.9 Å². The maximum atomic E-state index is 5.99. The smallest absolute Gasteiger partial charge is 0.165 e. The van der Waals surface area contributed by atoms with Gasteiger partial charge in [0.25, 0.3) is 0 Å². The van der Waals surface area contributed by atoms with E-state index in [0.717, 1.165) is 17.0 Å². The van der Waals surface area contributed by atoms with Crippen molar-refractivity contribution in [2.24, 2.45) is 0 Å². The minimum absolute atomic E-state index is 0.448. The topological polar surface area (TPSA) is 43.4 Å². The summed E-state index contributed by atoms with van der Waals surface area (Å²) in [7, 11) is 3.24. The molecule has 2 aromatic rings. The number of para-hydroxylation sites is 1. The van der Waals surface area contributed by atoms with E-state index in [-0.39, 0.29) is 0 Å². The van der Waals surface area contributed by atoms with E-state index in [0.29, 0.717) is 17.4 Å². The van der Waals surface area contributed by atoms with Crippen LogP contribution in [0.15, 0.2) is 36.5 Å². The first-order valence-electron chi connectivity index (χ1n) is 5.80. The fourth-order valence-corrected chi connectivity index (χ4v) is 1.99. The second-order valence-electron chi connectivity index (χ2n) is 3.85. The van der Waals surface area contributed by atoms with Crippen LogP contribution in [0.25, 0.3) is 0 Å². The number of rotatable bonds is 5. The predicted octanol–water partition coefficient (Wildman–Crippen LogP) is 3.36. The highest BCUT2D eigenvalue weighted by Gasteiger charge is 2.09. The highest BCUT2D eigenvalue weighted by Crippen LogP contribution is 2.31. The van der Waals surface area contributed by atoms with Gasteiger partial charge in [-0.25, -0.2) is 4.98 Å². The lowest BCUT2D eigenvalue weighted by Gasteiger charge is -2.14. The average Bonchev–Trinajstić information content (AvgIpc) is 2.45. The van der Waals surface area contributed by atoms with E-state index in [2.05, 4.69) is 10.3 Å². The van der Waals surface area contributed by atoms with Gasteiger partial charge in [-0.3, -0.25) is 0 Å². The van der Waals surface area contributed by atoms with E-state index >= 15 is 0 Å². The zero-order chi connectivity index (χ0) is 13.7. The van der Waals surface area contributed by atoms with Gasteiger partial charge in [0.15, 0.2) is 16.7 Å². The number of ether oxygens (including phenoxy) is 2. The van der Waals surface area contributed by atoms with E-state index in [9.17, 15) is 0 Å². The molecule has 0 aliphatic carbocycles. The molecule has 0 aliphatic heterocycles. The number of nitrogens with zero attached hydrogens (tertiary/aromatic N) is 1. The molecule has 1 aromatic carbocycles. The van der Waals surface area contributed by atoms with Crippen molar-refractivity contribution in [3.63, 3.8) is 0 Å². The first kappa shape index (κ1) is 13.5. The van der Waals surface area contributed by atoms with Gasteiger partial charge in [-0.05, 0) is 18.2 Å². The quantitative estimate of drug-likeness (QED) is 0.852. The summed E-state index contributed by atoms with van der Waals surface area (Å²) < 4.78 is 10.6. The molecule has 0 spiro atoms. The van der Waals surface area contributed by atoms with Crippen LogP contribution in [0.2, 0.25) is 5.15 Å². The molecule has 0 bridgehead atoms. The summed E-state index contributed by atoms with van der Waals surface area (Å²) in [6, 6.07) is 9.46. The van der Waals surface area contributed by atoms with Crippen LogP contribution < -0.4 is 14.8 Å². The van der Waals surface area contributed by atoms with Crippen LogP contribution >= 0.6 is 11.6 Å². The third kappa shape index (κ3) is 3.09. The van der Waals surface area contributed by atoms with Crippen LogP contribution in [0.3, 0.4) is 0 Å². The fourth-order valence-electron chi connectivity index (χ4n) is 1.80. The van der Waals surface area contributed by atoms with Crippen LogP contribution in [-0.4, -0.2) is 19.2 Å². The Balaban J connectivity index is 2.18. The molecule has 100 valence electrons. The monoisotopic (exact) mass is 278 g/mol. The maximum absolute atomic E-state index is 5.99. The van der Waals surface area contributed by atoms with Crippen molar-refractivity contribution in [1.29, 1.82) is 0 Å². The van der Waals surface area contributed by atoms with Gasteiger partial charge in [-0.15, -0.1) is 0 Å². The number of halogens is 1. The van der Waals surface area contributed by atoms with Crippen molar-refractivity contribution in [3.8, 4) is 11.5 Å². The lowest BCUT2D eigenvalue weighted by atomic mass is 10.2. The molecule has 0 radical (unpaired) electrons. The Morgan fingerprint density at radius 3 is 2.68 bits per heavy atom. The van der Waals surface area contributed by atoms with Crippen molar-refractivity contribution < 1.29 is 9.47 Å². The molecule has 1 aromatic heterocycles. The van der Waals surface area contributed by atoms with Crippen molar-refractivity contribution in [3.05, 3.63) is 47.2 Å². The Bertz CT molecular complexity index is 561. The maximum Gasteiger partial charge on any atom is 0.165 e. The molecule has 0 saturated carbocycles. The van der Waals surface area contributed by atoms with Gasteiger partial charge in [-0.2, -0.15) is 0 Å². The normalized spacial score (nSPS) is 10.1. The number of nitrogens with one attached hydrogen (secondary N) is 1. The van der Waals surface area contributed by atoms with Crippen LogP contribution in [0.4, 0.5) is 5.69 Å².